The van der Waals surface area contributed by atoms with Crippen LogP contribution in [0.25, 0.3) is 0 Å². The largest absolute Gasteiger partial charge is 0.442 e. The van der Waals surface area contributed by atoms with Crippen molar-refractivity contribution in [3.05, 3.63) is 35.1 Å². The lowest BCUT2D eigenvalue weighted by molar-refractivity contribution is 0.0530. The summed E-state index contributed by atoms with van der Waals surface area (Å²) in [7, 11) is 0. The second-order valence-electron chi connectivity index (χ2n) is 2.45. The van der Waals surface area contributed by atoms with Gasteiger partial charge in [-0.2, -0.15) is 0 Å². The smallest absolute Gasteiger partial charge is 0.340 e. The highest BCUT2D eigenvalue weighted by Crippen LogP contribution is 2.35. The van der Waals surface area contributed by atoms with Crippen LogP contribution in [0, 0.1) is 5.82 Å². The fourth-order valence-corrected chi connectivity index (χ4v) is 1.68. The number of cyclic esters (lactones) is 1. The minimum atomic E-state index is -0.504. The molecule has 0 bridgehead atoms. The van der Waals surface area contributed by atoms with E-state index in [2.05, 4.69) is 15.9 Å². The van der Waals surface area contributed by atoms with Crippen LogP contribution in [0.1, 0.15) is 20.9 Å². The molecule has 0 spiro atoms. The van der Waals surface area contributed by atoms with E-state index in [1.807, 2.05) is 0 Å². The summed E-state index contributed by atoms with van der Waals surface area (Å²) in [5.41, 5.74) is 0.985. The zero-order valence-electron chi connectivity index (χ0n) is 5.88. The molecule has 0 aromatic heterocycles. The molecule has 2 nitrogen and oxygen atoms in total. The number of alkyl halides is 1. The van der Waals surface area contributed by atoms with Gasteiger partial charge in [-0.1, -0.05) is 0 Å². The molecule has 0 aliphatic carbocycles. The molecule has 0 saturated carbocycles. The Morgan fingerprint density at radius 1 is 1.50 bits per heavy atom. The number of carbonyl (C=O) groups is 1. The number of ether oxygens (including phenoxy) is 1. The number of halogens is 2. The Morgan fingerprint density at radius 3 is 3.00 bits per heavy atom. The minimum Gasteiger partial charge on any atom is -0.442 e. The number of fused-ring (bicyclic) bond motifs is 1. The van der Waals surface area contributed by atoms with Gasteiger partial charge in [0.1, 0.15) is 5.82 Å². The highest BCUT2D eigenvalue weighted by atomic mass is 79.9. The second kappa shape index (κ2) is 2.55. The summed E-state index contributed by atoms with van der Waals surface area (Å²) in [5, 5.41) is -0.504. The third kappa shape index (κ3) is 1.03. The Labute approximate surface area is 76.5 Å². The van der Waals surface area contributed by atoms with Gasteiger partial charge < -0.3 is 4.74 Å². The van der Waals surface area contributed by atoms with Gasteiger partial charge in [0.15, 0.2) is 5.01 Å². The number of carbonyl (C=O) groups excluding carboxylic acids is 1. The van der Waals surface area contributed by atoms with Gasteiger partial charge in [-0.15, -0.1) is 0 Å². The van der Waals surface area contributed by atoms with Gasteiger partial charge in [-0.05, 0) is 34.1 Å². The van der Waals surface area contributed by atoms with Gasteiger partial charge in [-0.3, -0.25) is 0 Å². The molecule has 1 heterocycles. The van der Waals surface area contributed by atoms with Crippen molar-refractivity contribution >= 4 is 21.9 Å². The van der Waals surface area contributed by atoms with Crippen LogP contribution in [-0.2, 0) is 4.74 Å². The molecule has 0 saturated heterocycles. The predicted octanol–water partition coefficient (Wildman–Crippen LogP) is 2.39. The molecule has 0 fully saturated rings. The number of esters is 1. The quantitative estimate of drug-likeness (QED) is 0.506. The van der Waals surface area contributed by atoms with E-state index < -0.39 is 11.0 Å². The summed E-state index contributed by atoms with van der Waals surface area (Å²) in [5.74, 6) is -0.775. The van der Waals surface area contributed by atoms with Crippen LogP contribution in [0.15, 0.2) is 18.2 Å². The lowest BCUT2D eigenvalue weighted by Crippen LogP contribution is -1.93. The Bertz CT molecular complexity index is 351. The van der Waals surface area contributed by atoms with Crippen molar-refractivity contribution in [1.29, 1.82) is 0 Å². The van der Waals surface area contributed by atoms with Gasteiger partial charge >= 0.3 is 5.97 Å². The van der Waals surface area contributed by atoms with Gasteiger partial charge in [0.25, 0.3) is 0 Å². The normalized spacial score (nSPS) is 20.5. The van der Waals surface area contributed by atoms with E-state index >= 15 is 0 Å². The molecule has 1 aliphatic heterocycles. The monoisotopic (exact) mass is 230 g/mol. The van der Waals surface area contributed by atoms with E-state index in [4.69, 9.17) is 4.74 Å². The van der Waals surface area contributed by atoms with Crippen LogP contribution in [0.5, 0.6) is 0 Å². The van der Waals surface area contributed by atoms with E-state index in [1.165, 1.54) is 18.2 Å². The molecule has 1 atom stereocenters. The molecular formula is C8H4BrFO2. The Morgan fingerprint density at radius 2 is 2.25 bits per heavy atom. The molecule has 0 unspecified atom stereocenters. The lowest BCUT2D eigenvalue weighted by Gasteiger charge is -1.98. The van der Waals surface area contributed by atoms with Crippen molar-refractivity contribution in [2.45, 2.75) is 5.01 Å². The van der Waals surface area contributed by atoms with Gasteiger partial charge in [-0.25, -0.2) is 9.18 Å². The average molecular weight is 231 g/mol. The molecule has 62 valence electrons. The molecule has 12 heavy (non-hydrogen) atoms. The Hall–Kier alpha value is -0.900. The summed E-state index contributed by atoms with van der Waals surface area (Å²) in [4.78, 5) is 11.0. The third-order valence-corrected chi connectivity index (χ3v) is 2.37. The van der Waals surface area contributed by atoms with Crippen molar-refractivity contribution in [3.63, 3.8) is 0 Å². The zero-order chi connectivity index (χ0) is 8.72. The molecule has 4 heteroatoms. The van der Waals surface area contributed by atoms with Crippen LogP contribution >= 0.6 is 15.9 Å². The highest BCUT2D eigenvalue weighted by Gasteiger charge is 2.28. The number of hydrogen-bond acceptors (Lipinski definition) is 2. The molecule has 1 aromatic rings. The first kappa shape index (κ1) is 7.73. The predicted molar refractivity (Wildman–Crippen MR) is 43.5 cm³/mol. The maximum absolute atomic E-state index is 12.7. The maximum atomic E-state index is 12.7. The minimum absolute atomic E-state index is 0.364. The lowest BCUT2D eigenvalue weighted by atomic mass is 10.1. The van der Waals surface area contributed by atoms with Crippen molar-refractivity contribution in [3.8, 4) is 0 Å². The van der Waals surface area contributed by atoms with Crippen LogP contribution in [0.4, 0.5) is 4.39 Å². The molecule has 1 aliphatic rings. The molecule has 0 radical (unpaired) electrons. The number of hydrogen-bond donors (Lipinski definition) is 0. The Kier molecular flexibility index (Phi) is 1.65. The van der Waals surface area contributed by atoms with E-state index in [9.17, 15) is 9.18 Å². The van der Waals surface area contributed by atoms with E-state index in [0.29, 0.717) is 11.1 Å². The van der Waals surface area contributed by atoms with Crippen molar-refractivity contribution in [1.82, 2.24) is 0 Å². The third-order valence-electron chi connectivity index (χ3n) is 1.69. The number of rotatable bonds is 0. The topological polar surface area (TPSA) is 26.3 Å². The molecule has 0 amide bonds. The summed E-state index contributed by atoms with van der Waals surface area (Å²) >= 11 is 3.10. The summed E-state index contributed by atoms with van der Waals surface area (Å²) < 4.78 is 17.5. The SMILES string of the molecule is O=C1O[C@@H](Br)c2cc(F)ccc21. The van der Waals surface area contributed by atoms with Crippen LogP contribution in [0.2, 0.25) is 0 Å². The van der Waals surface area contributed by atoms with Crippen LogP contribution in [-0.4, -0.2) is 5.97 Å². The van der Waals surface area contributed by atoms with E-state index in [1.54, 1.807) is 0 Å². The first-order valence-corrected chi connectivity index (χ1v) is 4.24. The molecule has 1 aromatic carbocycles. The maximum Gasteiger partial charge on any atom is 0.340 e. The van der Waals surface area contributed by atoms with Gasteiger partial charge in [0, 0.05) is 5.56 Å². The number of benzene rings is 1. The fourth-order valence-electron chi connectivity index (χ4n) is 1.13. The van der Waals surface area contributed by atoms with E-state index in [0.717, 1.165) is 0 Å². The zero-order valence-corrected chi connectivity index (χ0v) is 7.47. The Balaban J connectivity index is 2.60. The molecule has 2 rings (SSSR count). The average Bonchev–Trinajstić information content (AvgIpc) is 2.28. The fraction of sp³-hybridized carbons (Fsp3) is 0.125. The van der Waals surface area contributed by atoms with Crippen LogP contribution in [0.3, 0.4) is 0 Å². The summed E-state index contributed by atoms with van der Waals surface area (Å²) in [6, 6.07) is 3.96. The van der Waals surface area contributed by atoms with Crippen molar-refractivity contribution in [2.24, 2.45) is 0 Å². The van der Waals surface area contributed by atoms with Gasteiger partial charge in [0.05, 0.1) is 5.56 Å². The molecular weight excluding hydrogens is 227 g/mol. The second-order valence-corrected chi connectivity index (χ2v) is 3.28. The molecule has 0 N–H and O–H groups in total. The standard InChI is InChI=1S/C8H4BrFO2/c9-7-6-3-4(10)1-2-5(6)8(11)12-7/h1-3,7H/t7-/m1/s1. The van der Waals surface area contributed by atoms with Crippen LogP contribution < -0.4 is 0 Å². The van der Waals surface area contributed by atoms with Crippen molar-refractivity contribution < 1.29 is 13.9 Å². The summed E-state index contributed by atoms with van der Waals surface area (Å²) in [6.07, 6.45) is 0. The first-order valence-electron chi connectivity index (χ1n) is 3.33. The van der Waals surface area contributed by atoms with Crippen molar-refractivity contribution in [2.75, 3.05) is 0 Å². The highest BCUT2D eigenvalue weighted by molar-refractivity contribution is 9.09. The first-order chi connectivity index (χ1) is 5.68. The summed E-state index contributed by atoms with van der Waals surface area (Å²) in [6.45, 7) is 0. The van der Waals surface area contributed by atoms with E-state index in [-0.39, 0.29) is 5.82 Å². The van der Waals surface area contributed by atoms with Gasteiger partial charge in [0.2, 0.25) is 0 Å².